The molecule has 0 radical (unpaired) electrons. The van der Waals surface area contributed by atoms with Crippen molar-refractivity contribution >= 4 is 29.1 Å². The first-order valence-corrected chi connectivity index (χ1v) is 8.43. The van der Waals surface area contributed by atoms with Crippen LogP contribution in [0.5, 0.6) is 0 Å². The van der Waals surface area contributed by atoms with Crippen molar-refractivity contribution in [3.05, 3.63) is 46.7 Å². The highest BCUT2D eigenvalue weighted by Crippen LogP contribution is 2.39. The van der Waals surface area contributed by atoms with Gasteiger partial charge >= 0.3 is 0 Å². The Morgan fingerprint density at radius 1 is 1.29 bits per heavy atom. The minimum Gasteiger partial charge on any atom is -0.339 e. The summed E-state index contributed by atoms with van der Waals surface area (Å²) < 4.78 is 0. The molecule has 0 bridgehead atoms. The van der Waals surface area contributed by atoms with Crippen LogP contribution in [0.1, 0.15) is 41.4 Å². The molecule has 2 fully saturated rings. The van der Waals surface area contributed by atoms with E-state index in [0.717, 1.165) is 18.5 Å². The lowest BCUT2D eigenvalue weighted by Crippen LogP contribution is -2.41. The molecular formula is C17H17ClN4O2. The number of halogens is 1. The first-order chi connectivity index (χ1) is 11.6. The minimum absolute atomic E-state index is 0.144. The molecule has 2 aromatic rings. The quantitative estimate of drug-likeness (QED) is 0.894. The van der Waals surface area contributed by atoms with Crippen LogP contribution in [-0.4, -0.2) is 34.6 Å². The number of rotatable bonds is 4. The highest BCUT2D eigenvalue weighted by Gasteiger charge is 2.35. The molecule has 1 unspecified atom stereocenters. The van der Waals surface area contributed by atoms with Gasteiger partial charge in [0.15, 0.2) is 0 Å². The van der Waals surface area contributed by atoms with Crippen LogP contribution in [0, 0.1) is 0 Å². The topological polar surface area (TPSA) is 78.1 Å². The zero-order valence-corrected chi connectivity index (χ0v) is 13.7. The van der Waals surface area contributed by atoms with E-state index in [9.17, 15) is 9.59 Å². The second-order valence-corrected chi connectivity index (χ2v) is 6.65. The fourth-order valence-corrected chi connectivity index (χ4v) is 3.25. The molecule has 2 aliphatic rings. The van der Waals surface area contributed by atoms with Gasteiger partial charge in [0.25, 0.3) is 5.91 Å². The number of para-hydroxylation sites is 1. The number of benzene rings is 1. The first kappa shape index (κ1) is 15.2. The molecule has 0 spiro atoms. The van der Waals surface area contributed by atoms with Gasteiger partial charge in [-0.15, -0.1) is 0 Å². The molecular weight excluding hydrogens is 328 g/mol. The molecule has 1 aliphatic carbocycles. The highest BCUT2D eigenvalue weighted by atomic mass is 35.5. The Balaban J connectivity index is 1.44. The van der Waals surface area contributed by atoms with Crippen LogP contribution in [0.2, 0.25) is 5.02 Å². The summed E-state index contributed by atoms with van der Waals surface area (Å²) in [5, 5.41) is 10.3. The van der Waals surface area contributed by atoms with Crippen LogP contribution in [0.3, 0.4) is 0 Å². The summed E-state index contributed by atoms with van der Waals surface area (Å²) in [6.07, 6.45) is 2.82. The van der Waals surface area contributed by atoms with Crippen molar-refractivity contribution in [2.75, 3.05) is 11.4 Å². The summed E-state index contributed by atoms with van der Waals surface area (Å²) in [4.78, 5) is 26.5. The fraction of sp³-hybridized carbons (Fsp3) is 0.353. The average Bonchev–Trinajstić information content (AvgIpc) is 3.20. The number of H-pyrrole nitrogens is 1. The standard InChI is InChI=1S/C17H17ClN4O2/c18-11-3-1-2-4-15(11)22-8-7-12(17(22)24)19-16(23)14-9-13(20-21-14)10-5-6-10/h1-4,9-10,12H,5-8H2,(H,19,23)(H,20,21). The molecule has 24 heavy (non-hydrogen) atoms. The van der Waals surface area contributed by atoms with E-state index in [1.54, 1.807) is 23.1 Å². The molecule has 1 aromatic carbocycles. The van der Waals surface area contributed by atoms with Gasteiger partial charge in [-0.1, -0.05) is 23.7 Å². The van der Waals surface area contributed by atoms with Gasteiger partial charge in [-0.05, 0) is 37.5 Å². The Morgan fingerprint density at radius 3 is 2.83 bits per heavy atom. The number of aromatic nitrogens is 2. The van der Waals surface area contributed by atoms with E-state index in [1.165, 1.54) is 0 Å². The number of hydrogen-bond donors (Lipinski definition) is 2. The van der Waals surface area contributed by atoms with Crippen molar-refractivity contribution in [3.63, 3.8) is 0 Å². The molecule has 7 heteroatoms. The largest absolute Gasteiger partial charge is 0.339 e. The van der Waals surface area contributed by atoms with Gasteiger partial charge in [-0.3, -0.25) is 14.7 Å². The van der Waals surface area contributed by atoms with E-state index in [2.05, 4.69) is 15.5 Å². The molecule has 4 rings (SSSR count). The Hall–Kier alpha value is -2.34. The van der Waals surface area contributed by atoms with Crippen LogP contribution < -0.4 is 10.2 Å². The third-order valence-electron chi connectivity index (χ3n) is 4.50. The first-order valence-electron chi connectivity index (χ1n) is 8.05. The summed E-state index contributed by atoms with van der Waals surface area (Å²) in [7, 11) is 0. The SMILES string of the molecule is O=C(NC1CCN(c2ccccc2Cl)C1=O)c1cc(C2CC2)[nH]n1. The van der Waals surface area contributed by atoms with E-state index in [1.807, 2.05) is 12.1 Å². The van der Waals surface area contributed by atoms with Gasteiger partial charge in [0.1, 0.15) is 11.7 Å². The lowest BCUT2D eigenvalue weighted by Gasteiger charge is -2.18. The van der Waals surface area contributed by atoms with Gasteiger partial charge in [0.05, 0.1) is 10.7 Å². The summed E-state index contributed by atoms with van der Waals surface area (Å²) in [5.41, 5.74) is 2.01. The predicted octanol–water partition coefficient (Wildman–Crippen LogP) is 2.48. The highest BCUT2D eigenvalue weighted by molar-refractivity contribution is 6.34. The molecule has 1 saturated carbocycles. The van der Waals surface area contributed by atoms with E-state index in [-0.39, 0.29) is 11.8 Å². The maximum Gasteiger partial charge on any atom is 0.272 e. The van der Waals surface area contributed by atoms with Crippen molar-refractivity contribution < 1.29 is 9.59 Å². The molecule has 2 amide bonds. The summed E-state index contributed by atoms with van der Waals surface area (Å²) in [6, 6.07) is 8.44. The molecule has 2 heterocycles. The Morgan fingerprint density at radius 2 is 2.08 bits per heavy atom. The second-order valence-electron chi connectivity index (χ2n) is 6.24. The van der Waals surface area contributed by atoms with Crippen molar-refractivity contribution in [1.82, 2.24) is 15.5 Å². The smallest absolute Gasteiger partial charge is 0.272 e. The average molecular weight is 345 g/mol. The minimum atomic E-state index is -0.546. The van der Waals surface area contributed by atoms with Crippen molar-refractivity contribution in [3.8, 4) is 0 Å². The number of amides is 2. The fourth-order valence-electron chi connectivity index (χ4n) is 3.01. The number of anilines is 1. The van der Waals surface area contributed by atoms with Gasteiger partial charge in [0.2, 0.25) is 5.91 Å². The maximum absolute atomic E-state index is 12.6. The van der Waals surface area contributed by atoms with Crippen LogP contribution in [-0.2, 0) is 4.79 Å². The number of nitrogens with one attached hydrogen (secondary N) is 2. The van der Waals surface area contributed by atoms with Gasteiger partial charge in [-0.25, -0.2) is 0 Å². The van der Waals surface area contributed by atoms with E-state index in [0.29, 0.717) is 35.3 Å². The molecule has 1 aromatic heterocycles. The predicted molar refractivity (Wildman–Crippen MR) is 90.2 cm³/mol. The molecule has 6 nitrogen and oxygen atoms in total. The summed E-state index contributed by atoms with van der Waals surface area (Å²) in [5.74, 6) is 0.0368. The number of nitrogens with zero attached hydrogens (tertiary/aromatic N) is 2. The van der Waals surface area contributed by atoms with E-state index >= 15 is 0 Å². The van der Waals surface area contributed by atoms with Gasteiger partial charge < -0.3 is 10.2 Å². The summed E-state index contributed by atoms with van der Waals surface area (Å²) >= 11 is 6.16. The third-order valence-corrected chi connectivity index (χ3v) is 4.82. The second kappa shape index (κ2) is 5.94. The van der Waals surface area contributed by atoms with Crippen molar-refractivity contribution in [1.29, 1.82) is 0 Å². The Labute approximate surface area is 144 Å². The zero-order valence-electron chi connectivity index (χ0n) is 13.0. The van der Waals surface area contributed by atoms with Crippen LogP contribution in [0.25, 0.3) is 0 Å². The number of carbonyl (C=O) groups excluding carboxylic acids is 2. The Bertz CT molecular complexity index is 799. The summed E-state index contributed by atoms with van der Waals surface area (Å²) in [6.45, 7) is 0.529. The molecule has 1 saturated heterocycles. The maximum atomic E-state index is 12.6. The van der Waals surface area contributed by atoms with Crippen molar-refractivity contribution in [2.24, 2.45) is 0 Å². The van der Waals surface area contributed by atoms with E-state index in [4.69, 9.17) is 11.6 Å². The molecule has 124 valence electrons. The zero-order chi connectivity index (χ0) is 16.7. The van der Waals surface area contributed by atoms with Crippen LogP contribution >= 0.6 is 11.6 Å². The van der Waals surface area contributed by atoms with Gasteiger partial charge in [0, 0.05) is 18.2 Å². The third kappa shape index (κ3) is 2.78. The van der Waals surface area contributed by atoms with Crippen molar-refractivity contribution in [2.45, 2.75) is 31.2 Å². The van der Waals surface area contributed by atoms with E-state index < -0.39 is 6.04 Å². The van der Waals surface area contributed by atoms with Crippen LogP contribution in [0.4, 0.5) is 5.69 Å². The number of hydrogen-bond acceptors (Lipinski definition) is 3. The Kier molecular flexibility index (Phi) is 3.76. The van der Waals surface area contributed by atoms with Crippen LogP contribution in [0.15, 0.2) is 30.3 Å². The lowest BCUT2D eigenvalue weighted by molar-refractivity contribution is -0.118. The molecule has 2 N–H and O–H groups in total. The number of aromatic amines is 1. The number of carbonyl (C=O) groups is 2. The van der Waals surface area contributed by atoms with Gasteiger partial charge in [-0.2, -0.15) is 5.10 Å². The lowest BCUT2D eigenvalue weighted by atomic mass is 10.2. The normalized spacial score (nSPS) is 20.5. The molecule has 1 aliphatic heterocycles. The molecule has 1 atom stereocenters. The monoisotopic (exact) mass is 344 g/mol.